The zero-order valence-corrected chi connectivity index (χ0v) is 14.7. The molecule has 0 rings (SSSR count). The third kappa shape index (κ3) is 11.5. The second kappa shape index (κ2) is 10.9. The Morgan fingerprint density at radius 2 is 1.78 bits per heavy atom. The van der Waals surface area contributed by atoms with Crippen molar-refractivity contribution in [3.05, 3.63) is 12.2 Å². The van der Waals surface area contributed by atoms with E-state index in [-0.39, 0.29) is 11.9 Å². The Balaban J connectivity index is 3.77. The molecule has 132 valence electrons. The summed E-state index contributed by atoms with van der Waals surface area (Å²) in [6.07, 6.45) is 7.26. The van der Waals surface area contributed by atoms with E-state index < -0.39 is 11.6 Å². The molecule has 1 atom stereocenters. The normalized spacial score (nSPS) is 12.9. The minimum absolute atomic E-state index is 0.177. The molecule has 1 amide bonds. The van der Waals surface area contributed by atoms with E-state index in [0.717, 1.165) is 25.7 Å². The molecule has 0 saturated carbocycles. The van der Waals surface area contributed by atoms with Gasteiger partial charge in [-0.2, -0.15) is 0 Å². The van der Waals surface area contributed by atoms with Crippen LogP contribution in [0.3, 0.4) is 0 Å². The number of likely N-dealkylation sites (N-methyl/N-ethyl adjacent to an activating group) is 1. The summed E-state index contributed by atoms with van der Waals surface area (Å²) >= 11 is 0. The molecule has 23 heavy (non-hydrogen) atoms. The van der Waals surface area contributed by atoms with Gasteiger partial charge in [-0.15, -0.1) is 0 Å². The molecular formula is C17H30N2O4. The first-order valence-corrected chi connectivity index (χ1v) is 8.02. The summed E-state index contributed by atoms with van der Waals surface area (Å²) in [7, 11) is 1.70. The highest BCUT2D eigenvalue weighted by atomic mass is 16.6. The van der Waals surface area contributed by atoms with E-state index in [4.69, 9.17) is 10.5 Å². The van der Waals surface area contributed by atoms with E-state index in [1.165, 1.54) is 12.2 Å². The van der Waals surface area contributed by atoms with Crippen LogP contribution in [0.1, 0.15) is 52.9 Å². The van der Waals surface area contributed by atoms with Gasteiger partial charge in [-0.3, -0.25) is 14.4 Å². The minimum atomic E-state index is -0.577. The molecule has 6 heteroatoms. The molecule has 0 aliphatic rings. The number of nitrogens with zero attached hydrogens (tertiary/aromatic N) is 1. The lowest BCUT2D eigenvalue weighted by atomic mass is 10.1. The Morgan fingerprint density at radius 3 is 2.35 bits per heavy atom. The maximum atomic E-state index is 11.7. The van der Waals surface area contributed by atoms with Crippen molar-refractivity contribution in [2.75, 3.05) is 13.6 Å². The van der Waals surface area contributed by atoms with Crippen LogP contribution in [-0.4, -0.2) is 48.3 Å². The summed E-state index contributed by atoms with van der Waals surface area (Å²) in [6.45, 7) is 6.10. The van der Waals surface area contributed by atoms with E-state index in [2.05, 4.69) is 0 Å². The quantitative estimate of drug-likeness (QED) is 0.286. The molecule has 0 saturated heterocycles. The molecule has 0 aliphatic carbocycles. The SMILES string of the molecule is CN(CCCCCCC(N)C(=O)OC(C)(C)C)C(=O)/C=C\C=O. The molecule has 2 N–H and O–H groups in total. The van der Waals surface area contributed by atoms with Gasteiger partial charge in [-0.1, -0.05) is 19.3 Å². The van der Waals surface area contributed by atoms with Crippen LogP contribution < -0.4 is 5.73 Å². The van der Waals surface area contributed by atoms with Gasteiger partial charge in [0.2, 0.25) is 5.91 Å². The zero-order chi connectivity index (χ0) is 17.9. The number of hydrogen-bond donors (Lipinski definition) is 1. The largest absolute Gasteiger partial charge is 0.459 e. The topological polar surface area (TPSA) is 89.7 Å². The number of hydrogen-bond acceptors (Lipinski definition) is 5. The number of unbranched alkanes of at least 4 members (excludes halogenated alkanes) is 3. The Morgan fingerprint density at radius 1 is 1.17 bits per heavy atom. The van der Waals surface area contributed by atoms with Gasteiger partial charge in [0.05, 0.1) is 0 Å². The number of ether oxygens (including phenoxy) is 1. The zero-order valence-electron chi connectivity index (χ0n) is 14.7. The highest BCUT2D eigenvalue weighted by molar-refractivity contribution is 5.90. The van der Waals surface area contributed by atoms with Gasteiger partial charge in [0.15, 0.2) is 0 Å². The fourth-order valence-electron chi connectivity index (χ4n) is 1.92. The molecule has 0 bridgehead atoms. The fourth-order valence-corrected chi connectivity index (χ4v) is 1.92. The number of nitrogens with two attached hydrogens (primary N) is 1. The number of allylic oxidation sites excluding steroid dienone is 1. The third-order valence-electron chi connectivity index (χ3n) is 3.16. The summed E-state index contributed by atoms with van der Waals surface area (Å²) < 4.78 is 5.23. The van der Waals surface area contributed by atoms with Gasteiger partial charge >= 0.3 is 5.97 Å². The van der Waals surface area contributed by atoms with Gasteiger partial charge in [-0.05, 0) is 39.7 Å². The van der Waals surface area contributed by atoms with Gasteiger partial charge in [0.25, 0.3) is 0 Å². The van der Waals surface area contributed by atoms with Crippen LogP contribution >= 0.6 is 0 Å². The molecule has 0 aliphatic heterocycles. The van der Waals surface area contributed by atoms with Crippen molar-refractivity contribution in [1.29, 1.82) is 0 Å². The van der Waals surface area contributed by atoms with Gasteiger partial charge in [0.1, 0.15) is 17.9 Å². The maximum Gasteiger partial charge on any atom is 0.323 e. The van der Waals surface area contributed by atoms with Crippen molar-refractivity contribution in [1.82, 2.24) is 4.90 Å². The second-order valence-corrected chi connectivity index (χ2v) is 6.60. The Labute approximate surface area is 139 Å². The molecular weight excluding hydrogens is 296 g/mol. The van der Waals surface area contributed by atoms with Crippen molar-refractivity contribution in [3.8, 4) is 0 Å². The van der Waals surface area contributed by atoms with E-state index in [9.17, 15) is 14.4 Å². The number of aldehydes is 1. The predicted molar refractivity (Wildman–Crippen MR) is 89.7 cm³/mol. The Bertz CT molecular complexity index is 413. The molecule has 0 aromatic heterocycles. The molecule has 0 aromatic carbocycles. The van der Waals surface area contributed by atoms with Crippen LogP contribution in [0, 0.1) is 0 Å². The average Bonchev–Trinajstić information content (AvgIpc) is 2.45. The lowest BCUT2D eigenvalue weighted by Gasteiger charge is -2.22. The lowest BCUT2D eigenvalue weighted by molar-refractivity contribution is -0.156. The molecule has 0 aromatic rings. The summed E-state index contributed by atoms with van der Waals surface area (Å²) in [5.41, 5.74) is 5.30. The number of carbonyl (C=O) groups excluding carboxylic acids is 3. The molecule has 1 unspecified atom stereocenters. The molecule has 0 heterocycles. The maximum absolute atomic E-state index is 11.7. The van der Waals surface area contributed by atoms with Crippen LogP contribution in [0.2, 0.25) is 0 Å². The van der Waals surface area contributed by atoms with Crippen molar-refractivity contribution in [2.45, 2.75) is 64.5 Å². The summed E-state index contributed by atoms with van der Waals surface area (Å²) in [5, 5.41) is 0. The second-order valence-electron chi connectivity index (χ2n) is 6.60. The first kappa shape index (κ1) is 21.3. The van der Waals surface area contributed by atoms with Crippen LogP contribution in [-0.2, 0) is 19.1 Å². The summed E-state index contributed by atoms with van der Waals surface area (Å²) in [5.74, 6) is -0.533. The highest BCUT2D eigenvalue weighted by Crippen LogP contribution is 2.11. The monoisotopic (exact) mass is 326 g/mol. The van der Waals surface area contributed by atoms with Crippen molar-refractivity contribution >= 4 is 18.2 Å². The molecule has 0 spiro atoms. The van der Waals surface area contributed by atoms with E-state index in [1.807, 2.05) is 20.8 Å². The number of esters is 1. The number of amides is 1. The molecule has 0 radical (unpaired) electrons. The molecule has 6 nitrogen and oxygen atoms in total. The van der Waals surface area contributed by atoms with Gasteiger partial charge in [-0.25, -0.2) is 0 Å². The first-order chi connectivity index (χ1) is 10.7. The minimum Gasteiger partial charge on any atom is -0.459 e. The van der Waals surface area contributed by atoms with Crippen LogP contribution in [0.15, 0.2) is 12.2 Å². The van der Waals surface area contributed by atoms with Crippen LogP contribution in [0.25, 0.3) is 0 Å². The molecule has 0 fully saturated rings. The highest BCUT2D eigenvalue weighted by Gasteiger charge is 2.21. The Kier molecular flexibility index (Phi) is 10.1. The van der Waals surface area contributed by atoms with Crippen LogP contribution in [0.5, 0.6) is 0 Å². The number of carbonyl (C=O) groups is 3. The lowest BCUT2D eigenvalue weighted by Crippen LogP contribution is -2.37. The van der Waals surface area contributed by atoms with Gasteiger partial charge in [0, 0.05) is 19.7 Å². The fraction of sp³-hybridized carbons (Fsp3) is 0.706. The van der Waals surface area contributed by atoms with E-state index in [1.54, 1.807) is 11.9 Å². The van der Waals surface area contributed by atoms with Crippen molar-refractivity contribution < 1.29 is 19.1 Å². The van der Waals surface area contributed by atoms with E-state index in [0.29, 0.717) is 19.3 Å². The van der Waals surface area contributed by atoms with Crippen molar-refractivity contribution in [3.63, 3.8) is 0 Å². The van der Waals surface area contributed by atoms with E-state index >= 15 is 0 Å². The first-order valence-electron chi connectivity index (χ1n) is 8.02. The number of rotatable bonds is 10. The predicted octanol–water partition coefficient (Wildman–Crippen LogP) is 1.82. The average molecular weight is 326 g/mol. The standard InChI is InChI=1S/C17H30N2O4/c1-17(2,3)23-16(22)14(18)10-7-5-6-8-12-19(4)15(21)11-9-13-20/h9,11,13-14H,5-8,10,12,18H2,1-4H3/b11-9-. The third-order valence-corrected chi connectivity index (χ3v) is 3.16. The summed E-state index contributed by atoms with van der Waals surface area (Å²) in [6, 6.07) is -0.577. The van der Waals surface area contributed by atoms with Crippen molar-refractivity contribution in [2.24, 2.45) is 5.73 Å². The van der Waals surface area contributed by atoms with Crippen LogP contribution in [0.4, 0.5) is 0 Å². The summed E-state index contributed by atoms with van der Waals surface area (Å²) in [4.78, 5) is 34.9. The smallest absolute Gasteiger partial charge is 0.323 e. The Hall–Kier alpha value is -1.69. The van der Waals surface area contributed by atoms with Gasteiger partial charge < -0.3 is 15.4 Å².